The lowest BCUT2D eigenvalue weighted by molar-refractivity contribution is 0.0986. The molecule has 6 heteroatoms. The summed E-state index contributed by atoms with van der Waals surface area (Å²) in [5, 5.41) is 4.33. The Morgan fingerprint density at radius 3 is 2.70 bits per heavy atom. The Labute approximate surface area is 133 Å². The molecule has 0 unspecified atom stereocenters. The van der Waals surface area contributed by atoms with Crippen molar-refractivity contribution in [2.45, 2.75) is 19.8 Å². The molecule has 0 amide bonds. The van der Waals surface area contributed by atoms with Gasteiger partial charge in [-0.3, -0.25) is 9.48 Å². The summed E-state index contributed by atoms with van der Waals surface area (Å²) in [7, 11) is 1.78. The van der Waals surface area contributed by atoms with Crippen molar-refractivity contribution in [3.63, 3.8) is 0 Å². The van der Waals surface area contributed by atoms with Gasteiger partial charge in [0, 0.05) is 11.5 Å². The second kappa shape index (κ2) is 6.18. The molecule has 0 spiro atoms. The van der Waals surface area contributed by atoms with Gasteiger partial charge in [0.2, 0.25) is 0 Å². The summed E-state index contributed by atoms with van der Waals surface area (Å²) in [6, 6.07) is 4.36. The fraction of sp³-hybridized carbons (Fsp3) is 0.286. The largest absolute Gasteiger partial charge is 0.294 e. The number of carbonyl (C=O) groups excluding carboxylic acids is 1. The van der Waals surface area contributed by atoms with Gasteiger partial charge < -0.3 is 0 Å². The smallest absolute Gasteiger partial charge is 0.171 e. The Bertz CT molecular complexity index is 667. The maximum absolute atomic E-state index is 13.7. The van der Waals surface area contributed by atoms with Gasteiger partial charge in [-0.1, -0.05) is 22.9 Å². The van der Waals surface area contributed by atoms with Crippen LogP contribution in [0.25, 0.3) is 0 Å². The molecule has 1 aromatic heterocycles. The minimum Gasteiger partial charge on any atom is -0.294 e. The molecule has 0 saturated carbocycles. The van der Waals surface area contributed by atoms with Gasteiger partial charge in [0.15, 0.2) is 5.78 Å². The van der Waals surface area contributed by atoms with Crippen molar-refractivity contribution in [2.24, 2.45) is 7.05 Å². The molecule has 0 aliphatic rings. The van der Waals surface area contributed by atoms with Crippen molar-refractivity contribution in [1.29, 1.82) is 0 Å². The topological polar surface area (TPSA) is 34.9 Å². The maximum atomic E-state index is 13.7. The van der Waals surface area contributed by atoms with E-state index in [2.05, 4.69) is 37.0 Å². The number of hydrogen-bond donors (Lipinski definition) is 0. The lowest BCUT2D eigenvalue weighted by Crippen LogP contribution is -2.10. The summed E-state index contributed by atoms with van der Waals surface area (Å²) >= 11 is 6.71. The van der Waals surface area contributed by atoms with E-state index in [0.717, 1.165) is 22.3 Å². The number of aryl methyl sites for hydroxylation is 2. The van der Waals surface area contributed by atoms with Gasteiger partial charge in [-0.2, -0.15) is 5.10 Å². The van der Waals surface area contributed by atoms with Crippen LogP contribution in [0.15, 0.2) is 27.1 Å². The Hall–Kier alpha value is -1.01. The van der Waals surface area contributed by atoms with Crippen LogP contribution in [0.1, 0.15) is 28.7 Å². The molecule has 0 atom stereocenters. The van der Waals surface area contributed by atoms with E-state index in [1.165, 1.54) is 12.1 Å². The van der Waals surface area contributed by atoms with Crippen molar-refractivity contribution in [1.82, 2.24) is 9.78 Å². The molecule has 20 heavy (non-hydrogen) atoms. The highest BCUT2D eigenvalue weighted by Crippen LogP contribution is 2.24. The second-order valence-electron chi connectivity index (χ2n) is 4.41. The highest BCUT2D eigenvalue weighted by Gasteiger charge is 2.19. The van der Waals surface area contributed by atoms with Crippen LogP contribution in [0, 0.1) is 5.82 Å². The van der Waals surface area contributed by atoms with Gasteiger partial charge in [0.05, 0.1) is 27.8 Å². The van der Waals surface area contributed by atoms with Crippen LogP contribution in [-0.2, 0) is 19.9 Å². The number of benzene rings is 1. The molecule has 3 nitrogen and oxygen atoms in total. The zero-order chi connectivity index (χ0) is 14.9. The molecular formula is C14H13Br2FN2O. The Morgan fingerprint density at radius 1 is 1.40 bits per heavy atom. The van der Waals surface area contributed by atoms with Gasteiger partial charge in [0.25, 0.3) is 0 Å². The molecule has 0 aliphatic carbocycles. The second-order valence-corrected chi connectivity index (χ2v) is 6.12. The molecule has 1 heterocycles. The van der Waals surface area contributed by atoms with Gasteiger partial charge in [-0.25, -0.2) is 4.39 Å². The van der Waals surface area contributed by atoms with Crippen molar-refractivity contribution in [2.75, 3.05) is 0 Å². The van der Waals surface area contributed by atoms with E-state index in [4.69, 9.17) is 0 Å². The first-order chi connectivity index (χ1) is 9.43. The van der Waals surface area contributed by atoms with Crippen LogP contribution in [-0.4, -0.2) is 15.6 Å². The van der Waals surface area contributed by atoms with Crippen molar-refractivity contribution >= 4 is 37.6 Å². The number of halogens is 3. The molecular weight excluding hydrogens is 391 g/mol. The monoisotopic (exact) mass is 402 g/mol. The lowest BCUT2D eigenvalue weighted by Gasteiger charge is -2.05. The van der Waals surface area contributed by atoms with Gasteiger partial charge in [-0.15, -0.1) is 0 Å². The summed E-state index contributed by atoms with van der Waals surface area (Å²) in [4.78, 5) is 12.3. The Morgan fingerprint density at radius 2 is 2.10 bits per heavy atom. The Balaban J connectivity index is 2.33. The maximum Gasteiger partial charge on any atom is 0.171 e. The van der Waals surface area contributed by atoms with E-state index in [0.29, 0.717) is 4.47 Å². The number of carbonyl (C=O) groups is 1. The molecule has 106 valence electrons. The number of aromatic nitrogens is 2. The minimum absolute atomic E-state index is 0.0884. The minimum atomic E-state index is -0.507. The molecule has 0 saturated heterocycles. The molecule has 1 aromatic carbocycles. The first-order valence-corrected chi connectivity index (χ1v) is 7.71. The lowest BCUT2D eigenvalue weighted by atomic mass is 10.1. The SMILES string of the molecule is CCc1nn(C)c(CC(=O)c2cc(Br)ccc2F)c1Br. The summed E-state index contributed by atoms with van der Waals surface area (Å²) in [5.41, 5.74) is 1.74. The first-order valence-electron chi connectivity index (χ1n) is 6.12. The number of ketones is 1. The van der Waals surface area contributed by atoms with E-state index >= 15 is 0 Å². The molecule has 0 bridgehead atoms. The number of nitrogens with zero attached hydrogens (tertiary/aromatic N) is 2. The van der Waals surface area contributed by atoms with Crippen LogP contribution in [0.2, 0.25) is 0 Å². The summed E-state index contributed by atoms with van der Waals surface area (Å²) in [6.45, 7) is 1.99. The third-order valence-electron chi connectivity index (χ3n) is 3.06. The van der Waals surface area contributed by atoms with Crippen molar-refractivity contribution < 1.29 is 9.18 Å². The third-order valence-corrected chi connectivity index (χ3v) is 4.47. The average molecular weight is 404 g/mol. The normalized spacial score (nSPS) is 10.8. The molecule has 0 aliphatic heterocycles. The van der Waals surface area contributed by atoms with E-state index in [1.807, 2.05) is 6.92 Å². The van der Waals surface area contributed by atoms with E-state index in [-0.39, 0.29) is 17.8 Å². The Kier molecular flexibility index (Phi) is 4.75. The number of hydrogen-bond acceptors (Lipinski definition) is 2. The van der Waals surface area contributed by atoms with E-state index in [1.54, 1.807) is 17.8 Å². The number of Topliss-reactive ketones (excluding diaryl/α,β-unsaturated/α-hetero) is 1. The predicted molar refractivity (Wildman–Crippen MR) is 82.4 cm³/mol. The zero-order valence-corrected chi connectivity index (χ0v) is 14.3. The average Bonchev–Trinajstić information content (AvgIpc) is 2.68. The van der Waals surface area contributed by atoms with Crippen LogP contribution < -0.4 is 0 Å². The first kappa shape index (κ1) is 15.4. The molecule has 2 rings (SSSR count). The molecule has 0 fully saturated rings. The van der Waals surface area contributed by atoms with Crippen LogP contribution in [0.4, 0.5) is 4.39 Å². The predicted octanol–water partition coefficient (Wildman–Crippen LogP) is 4.07. The van der Waals surface area contributed by atoms with Gasteiger partial charge in [0.1, 0.15) is 5.82 Å². The quantitative estimate of drug-likeness (QED) is 0.721. The highest BCUT2D eigenvalue weighted by atomic mass is 79.9. The van der Waals surface area contributed by atoms with Crippen LogP contribution in [0.3, 0.4) is 0 Å². The fourth-order valence-corrected chi connectivity index (χ4v) is 3.09. The van der Waals surface area contributed by atoms with Gasteiger partial charge in [-0.05, 0) is 40.5 Å². The molecule has 0 N–H and O–H groups in total. The zero-order valence-electron chi connectivity index (χ0n) is 11.1. The summed E-state index contributed by atoms with van der Waals surface area (Å²) < 4.78 is 16.9. The third kappa shape index (κ3) is 3.01. The van der Waals surface area contributed by atoms with Crippen LogP contribution >= 0.6 is 31.9 Å². The number of rotatable bonds is 4. The summed E-state index contributed by atoms with van der Waals surface area (Å²) in [5.74, 6) is -0.776. The summed E-state index contributed by atoms with van der Waals surface area (Å²) in [6.07, 6.45) is 0.880. The standard InChI is InChI=1S/C14H13Br2FN2O/c1-3-11-14(16)12(19(2)18-11)7-13(20)9-6-8(15)4-5-10(9)17/h4-6H,3,7H2,1-2H3. The van der Waals surface area contributed by atoms with E-state index in [9.17, 15) is 9.18 Å². The fourth-order valence-electron chi connectivity index (χ4n) is 1.97. The van der Waals surface area contributed by atoms with Crippen molar-refractivity contribution in [3.8, 4) is 0 Å². The van der Waals surface area contributed by atoms with E-state index < -0.39 is 5.82 Å². The van der Waals surface area contributed by atoms with Gasteiger partial charge >= 0.3 is 0 Å². The molecule has 0 radical (unpaired) electrons. The van der Waals surface area contributed by atoms with Crippen molar-refractivity contribution in [3.05, 3.63) is 49.9 Å². The highest BCUT2D eigenvalue weighted by molar-refractivity contribution is 9.10. The molecule has 2 aromatic rings. The van der Waals surface area contributed by atoms with Crippen LogP contribution in [0.5, 0.6) is 0 Å².